The molecule has 1 aromatic carbocycles. The van der Waals surface area contributed by atoms with Gasteiger partial charge in [0.25, 0.3) is 11.8 Å². The smallest absolute Gasteiger partial charge is 0.261 e. The van der Waals surface area contributed by atoms with Crippen LogP contribution in [0.5, 0.6) is 0 Å². The van der Waals surface area contributed by atoms with Crippen molar-refractivity contribution < 1.29 is 19.2 Å². The molecule has 1 aliphatic heterocycles. The van der Waals surface area contributed by atoms with Crippen molar-refractivity contribution in [1.82, 2.24) is 15.5 Å². The lowest BCUT2D eigenvalue weighted by Crippen LogP contribution is -2.37. The zero-order valence-electron chi connectivity index (χ0n) is 17.4. The highest BCUT2D eigenvalue weighted by Gasteiger charge is 2.32. The van der Waals surface area contributed by atoms with E-state index in [2.05, 4.69) is 26.6 Å². The number of thiophene rings is 1. The number of nitrogens with one attached hydrogen (secondary N) is 2. The van der Waals surface area contributed by atoms with E-state index < -0.39 is 0 Å². The minimum Gasteiger partial charge on any atom is -0.358 e. The number of benzene rings is 1. The predicted molar refractivity (Wildman–Crippen MR) is 122 cm³/mol. The number of nitrogens with zero attached hydrogens (tertiary/aromatic N) is 2. The number of amides is 4. The first-order valence-electron chi connectivity index (χ1n) is 9.63. The van der Waals surface area contributed by atoms with E-state index in [1.54, 1.807) is 43.1 Å². The van der Waals surface area contributed by atoms with E-state index >= 15 is 0 Å². The van der Waals surface area contributed by atoms with Crippen LogP contribution in [0.2, 0.25) is 0 Å². The summed E-state index contributed by atoms with van der Waals surface area (Å²) in [5.41, 5.74) is 1.84. The zero-order chi connectivity index (χ0) is 22.7. The number of rotatable bonds is 6. The average Bonchev–Trinajstić information content (AvgIpc) is 3.32. The Labute approximate surface area is 192 Å². The molecule has 2 heterocycles. The molecular formula is C21H23BrN4O4S. The number of hydrogen-bond acceptors (Lipinski definition) is 5. The van der Waals surface area contributed by atoms with Gasteiger partial charge in [0.15, 0.2) is 0 Å². The molecule has 2 N–H and O–H groups in total. The topological polar surface area (TPSA) is 98.8 Å². The lowest BCUT2D eigenvalue weighted by molar-refractivity contribution is -0.121. The number of likely N-dealkylation sites (N-methyl/N-ethyl adjacent to an activating group) is 2. The van der Waals surface area contributed by atoms with Crippen molar-refractivity contribution in [2.24, 2.45) is 0 Å². The van der Waals surface area contributed by atoms with Crippen LogP contribution in [0.15, 0.2) is 34.1 Å². The van der Waals surface area contributed by atoms with Gasteiger partial charge < -0.3 is 20.4 Å². The summed E-state index contributed by atoms with van der Waals surface area (Å²) in [6, 6.07) is 8.41. The first-order valence-corrected chi connectivity index (χ1v) is 11.2. The summed E-state index contributed by atoms with van der Waals surface area (Å²) in [5, 5.41) is 5.40. The van der Waals surface area contributed by atoms with Gasteiger partial charge in [0.1, 0.15) is 0 Å². The van der Waals surface area contributed by atoms with Gasteiger partial charge in [-0.15, -0.1) is 11.3 Å². The van der Waals surface area contributed by atoms with E-state index in [0.717, 1.165) is 3.79 Å². The summed E-state index contributed by atoms with van der Waals surface area (Å²) in [7, 11) is 3.08. The Hall–Kier alpha value is -2.72. The van der Waals surface area contributed by atoms with Crippen LogP contribution in [0, 0.1) is 6.92 Å². The summed E-state index contributed by atoms with van der Waals surface area (Å²) in [6.45, 7) is 2.11. The SMILES string of the molecule is CNC(=O)CN(C)C(=O)c1ccc(N2CC(NC(=O)c3ccc(Br)s3)CC2=O)cc1C. The normalized spacial score (nSPS) is 15.7. The van der Waals surface area contributed by atoms with Crippen LogP contribution in [0.4, 0.5) is 5.69 Å². The van der Waals surface area contributed by atoms with Gasteiger partial charge in [-0.05, 0) is 58.7 Å². The first-order chi connectivity index (χ1) is 14.7. The van der Waals surface area contributed by atoms with Gasteiger partial charge in [-0.2, -0.15) is 0 Å². The molecule has 0 radical (unpaired) electrons. The van der Waals surface area contributed by atoms with E-state index in [-0.39, 0.29) is 42.6 Å². The fourth-order valence-electron chi connectivity index (χ4n) is 3.37. The molecule has 0 saturated carbocycles. The third kappa shape index (κ3) is 5.31. The van der Waals surface area contributed by atoms with E-state index in [1.165, 1.54) is 23.3 Å². The first kappa shape index (κ1) is 23.0. The van der Waals surface area contributed by atoms with E-state index in [4.69, 9.17) is 0 Å². The molecule has 1 aromatic heterocycles. The molecule has 0 bridgehead atoms. The summed E-state index contributed by atoms with van der Waals surface area (Å²) in [6.07, 6.45) is 0.215. The van der Waals surface area contributed by atoms with Crippen LogP contribution < -0.4 is 15.5 Å². The van der Waals surface area contributed by atoms with Crippen LogP contribution in [0.1, 0.15) is 32.0 Å². The number of carbonyl (C=O) groups is 4. The van der Waals surface area contributed by atoms with Gasteiger partial charge in [0.2, 0.25) is 11.8 Å². The quantitative estimate of drug-likeness (QED) is 0.626. The van der Waals surface area contributed by atoms with Crippen LogP contribution in [-0.2, 0) is 9.59 Å². The third-order valence-corrected chi connectivity index (χ3v) is 6.64. The maximum atomic E-state index is 12.6. The van der Waals surface area contributed by atoms with Crippen molar-refractivity contribution in [3.05, 3.63) is 50.1 Å². The molecule has 1 unspecified atom stereocenters. The molecule has 31 heavy (non-hydrogen) atoms. The fraction of sp³-hybridized carbons (Fsp3) is 0.333. The average molecular weight is 507 g/mol. The Morgan fingerprint density at radius 3 is 2.61 bits per heavy atom. The van der Waals surface area contributed by atoms with E-state index in [9.17, 15) is 19.2 Å². The maximum absolute atomic E-state index is 12.6. The Morgan fingerprint density at radius 1 is 1.26 bits per heavy atom. The highest BCUT2D eigenvalue weighted by Crippen LogP contribution is 2.26. The minimum atomic E-state index is -0.291. The van der Waals surface area contributed by atoms with Crippen molar-refractivity contribution >= 4 is 56.6 Å². The molecule has 4 amide bonds. The molecule has 8 nitrogen and oxygen atoms in total. The summed E-state index contributed by atoms with van der Waals surface area (Å²) in [5.74, 6) is -0.817. The number of halogens is 1. The zero-order valence-corrected chi connectivity index (χ0v) is 19.8. The van der Waals surface area contributed by atoms with Gasteiger partial charge in [0.05, 0.1) is 21.3 Å². The van der Waals surface area contributed by atoms with Gasteiger partial charge >= 0.3 is 0 Å². The van der Waals surface area contributed by atoms with Crippen molar-refractivity contribution in [1.29, 1.82) is 0 Å². The minimum absolute atomic E-state index is 0.0384. The molecule has 1 saturated heterocycles. The van der Waals surface area contributed by atoms with Crippen LogP contribution in [0.25, 0.3) is 0 Å². The monoisotopic (exact) mass is 506 g/mol. The molecule has 164 valence electrons. The number of anilines is 1. The van der Waals surface area contributed by atoms with Gasteiger partial charge in [-0.3, -0.25) is 19.2 Å². The summed E-state index contributed by atoms with van der Waals surface area (Å²) in [4.78, 5) is 52.6. The van der Waals surface area contributed by atoms with Crippen molar-refractivity contribution in [3.63, 3.8) is 0 Å². The highest BCUT2D eigenvalue weighted by molar-refractivity contribution is 9.11. The van der Waals surface area contributed by atoms with Crippen molar-refractivity contribution in [2.75, 3.05) is 32.1 Å². The van der Waals surface area contributed by atoms with Crippen LogP contribution in [0.3, 0.4) is 0 Å². The lowest BCUT2D eigenvalue weighted by atomic mass is 10.1. The van der Waals surface area contributed by atoms with Gasteiger partial charge in [-0.1, -0.05) is 0 Å². The van der Waals surface area contributed by atoms with Crippen LogP contribution >= 0.6 is 27.3 Å². The molecular weight excluding hydrogens is 484 g/mol. The Kier molecular flexibility index (Phi) is 7.11. The molecule has 0 spiro atoms. The second-order valence-corrected chi connectivity index (χ2v) is 9.78. The largest absolute Gasteiger partial charge is 0.358 e. The maximum Gasteiger partial charge on any atom is 0.261 e. The Bertz CT molecular complexity index is 1040. The predicted octanol–water partition coefficient (Wildman–Crippen LogP) is 2.17. The summed E-state index contributed by atoms with van der Waals surface area (Å²) >= 11 is 4.67. The second kappa shape index (κ2) is 9.61. The van der Waals surface area contributed by atoms with Crippen molar-refractivity contribution in [3.8, 4) is 0 Å². The van der Waals surface area contributed by atoms with Crippen LogP contribution in [-0.4, -0.2) is 61.8 Å². The molecule has 1 fully saturated rings. The molecule has 10 heteroatoms. The number of carbonyl (C=O) groups excluding carboxylic acids is 4. The highest BCUT2D eigenvalue weighted by atomic mass is 79.9. The summed E-state index contributed by atoms with van der Waals surface area (Å²) < 4.78 is 0.868. The van der Waals surface area contributed by atoms with Gasteiger partial charge in [0, 0.05) is 38.3 Å². The molecule has 1 atom stereocenters. The second-order valence-electron chi connectivity index (χ2n) is 7.32. The Morgan fingerprint density at radius 2 is 2.00 bits per heavy atom. The third-order valence-electron chi connectivity index (χ3n) is 5.02. The molecule has 1 aliphatic rings. The van der Waals surface area contributed by atoms with E-state index in [1.807, 2.05) is 6.07 Å². The number of aryl methyl sites for hydroxylation is 1. The van der Waals surface area contributed by atoms with E-state index in [0.29, 0.717) is 28.2 Å². The Balaban J connectivity index is 1.68. The lowest BCUT2D eigenvalue weighted by Gasteiger charge is -2.21. The molecule has 0 aliphatic carbocycles. The van der Waals surface area contributed by atoms with Crippen molar-refractivity contribution in [2.45, 2.75) is 19.4 Å². The fourth-order valence-corrected chi connectivity index (χ4v) is 4.66. The molecule has 3 rings (SSSR count). The molecule has 2 aromatic rings. The van der Waals surface area contributed by atoms with Gasteiger partial charge in [-0.25, -0.2) is 0 Å². The number of hydrogen-bond donors (Lipinski definition) is 2. The standard InChI is InChI=1S/C21H23BrN4O4S/c1-12-8-14(4-5-15(12)21(30)25(3)11-18(27)23-2)26-10-13(9-19(26)28)24-20(29)16-6-7-17(22)31-16/h4-8,13H,9-11H2,1-3H3,(H,23,27)(H,24,29).